The first kappa shape index (κ1) is 23.8. The minimum Gasteiger partial charge on any atom is -0.366 e. The number of aromatic nitrogens is 2. The lowest BCUT2D eigenvalue weighted by atomic mass is 10.2. The zero-order valence-corrected chi connectivity index (χ0v) is 19.8. The molecule has 0 aliphatic carbocycles. The number of anilines is 2. The first-order valence-electron chi connectivity index (χ1n) is 10.8. The van der Waals surface area contributed by atoms with E-state index in [2.05, 4.69) is 15.3 Å². The van der Waals surface area contributed by atoms with E-state index in [1.54, 1.807) is 36.5 Å². The molecule has 0 unspecified atom stereocenters. The van der Waals surface area contributed by atoms with Gasteiger partial charge in [0.2, 0.25) is 5.91 Å². The molecule has 1 saturated heterocycles. The number of amides is 1. The van der Waals surface area contributed by atoms with Crippen molar-refractivity contribution >= 4 is 40.5 Å². The Kier molecular flexibility index (Phi) is 7.48. The molecular formula is C24H22Cl2N6O2. The van der Waals surface area contributed by atoms with Crippen molar-refractivity contribution in [3.63, 3.8) is 0 Å². The second-order valence-electron chi connectivity index (χ2n) is 7.83. The number of halogens is 2. The predicted octanol–water partition coefficient (Wildman–Crippen LogP) is 3.56. The monoisotopic (exact) mass is 496 g/mol. The summed E-state index contributed by atoms with van der Waals surface area (Å²) in [5.74, 6) is -0.125. The molecule has 1 N–H and O–H groups in total. The van der Waals surface area contributed by atoms with Gasteiger partial charge in [-0.2, -0.15) is 15.0 Å². The van der Waals surface area contributed by atoms with Gasteiger partial charge in [-0.3, -0.25) is 14.5 Å². The molecule has 34 heavy (non-hydrogen) atoms. The maximum absolute atomic E-state index is 12.7. The van der Waals surface area contributed by atoms with E-state index in [1.165, 1.54) is 4.68 Å². The zero-order valence-electron chi connectivity index (χ0n) is 18.2. The number of rotatable bonds is 6. The Morgan fingerprint density at radius 3 is 2.50 bits per heavy atom. The molecule has 0 radical (unpaired) electrons. The highest BCUT2D eigenvalue weighted by molar-refractivity contribution is 6.33. The maximum Gasteiger partial charge on any atom is 0.292 e. The fraction of sp³-hybridized carbons (Fsp3) is 0.250. The highest BCUT2D eigenvalue weighted by Gasteiger charge is 2.22. The molecule has 174 valence electrons. The zero-order chi connectivity index (χ0) is 24.1. The van der Waals surface area contributed by atoms with E-state index in [9.17, 15) is 9.59 Å². The van der Waals surface area contributed by atoms with E-state index in [1.807, 2.05) is 29.2 Å². The molecule has 1 aliphatic heterocycles. The number of carbonyl (C=O) groups excluding carboxylic acids is 1. The fourth-order valence-corrected chi connectivity index (χ4v) is 4.25. The fourth-order valence-electron chi connectivity index (χ4n) is 3.78. The van der Waals surface area contributed by atoms with Gasteiger partial charge >= 0.3 is 0 Å². The van der Waals surface area contributed by atoms with Crippen molar-refractivity contribution in [3.05, 3.63) is 80.7 Å². The normalized spacial score (nSPS) is 14.0. The van der Waals surface area contributed by atoms with Crippen molar-refractivity contribution < 1.29 is 4.79 Å². The lowest BCUT2D eigenvalue weighted by Crippen LogP contribution is -2.47. The molecule has 10 heteroatoms. The largest absolute Gasteiger partial charge is 0.366 e. The number of piperazine rings is 1. The van der Waals surface area contributed by atoms with Gasteiger partial charge in [-0.15, -0.1) is 0 Å². The van der Waals surface area contributed by atoms with Crippen molar-refractivity contribution in [2.75, 3.05) is 42.9 Å². The summed E-state index contributed by atoms with van der Waals surface area (Å²) in [5, 5.41) is 16.5. The Bertz CT molecular complexity index is 1280. The van der Waals surface area contributed by atoms with Gasteiger partial charge in [0.15, 0.2) is 0 Å². The van der Waals surface area contributed by atoms with Crippen LogP contribution >= 0.6 is 23.2 Å². The molecular weight excluding hydrogens is 475 g/mol. The van der Waals surface area contributed by atoms with Gasteiger partial charge in [0.25, 0.3) is 5.56 Å². The van der Waals surface area contributed by atoms with Gasteiger partial charge in [0, 0.05) is 44.8 Å². The molecule has 4 rings (SSSR count). The Labute approximate surface area is 206 Å². The predicted molar refractivity (Wildman–Crippen MR) is 133 cm³/mol. The van der Waals surface area contributed by atoms with E-state index in [-0.39, 0.29) is 16.5 Å². The quantitative estimate of drug-likeness (QED) is 0.560. The van der Waals surface area contributed by atoms with Crippen molar-refractivity contribution in [1.29, 1.82) is 5.26 Å². The van der Waals surface area contributed by atoms with Crippen molar-refractivity contribution in [1.82, 2.24) is 14.7 Å². The molecule has 2 aromatic carbocycles. The highest BCUT2D eigenvalue weighted by Crippen LogP contribution is 2.23. The summed E-state index contributed by atoms with van der Waals surface area (Å²) in [7, 11) is 0. The van der Waals surface area contributed by atoms with Crippen molar-refractivity contribution in [2.24, 2.45) is 0 Å². The van der Waals surface area contributed by atoms with Gasteiger partial charge in [-0.25, -0.2) is 0 Å². The van der Waals surface area contributed by atoms with Gasteiger partial charge in [0.1, 0.15) is 11.1 Å². The van der Waals surface area contributed by atoms with Crippen LogP contribution in [0.3, 0.4) is 0 Å². The number of hydrogen-bond donors (Lipinski definition) is 1. The lowest BCUT2D eigenvalue weighted by Gasteiger charge is -2.36. The van der Waals surface area contributed by atoms with Crippen molar-refractivity contribution in [3.8, 4) is 11.8 Å². The Morgan fingerprint density at radius 1 is 1.09 bits per heavy atom. The molecule has 1 aliphatic rings. The van der Waals surface area contributed by atoms with Crippen LogP contribution in [0.4, 0.5) is 11.4 Å². The molecule has 2 heterocycles. The van der Waals surface area contributed by atoms with Crippen LogP contribution in [0.15, 0.2) is 59.5 Å². The third kappa shape index (κ3) is 5.39. The molecule has 0 saturated carbocycles. The topological polar surface area (TPSA) is 94.3 Å². The summed E-state index contributed by atoms with van der Waals surface area (Å²) < 4.78 is 1.29. The number of nitriles is 1. The summed E-state index contributed by atoms with van der Waals surface area (Å²) in [5.41, 5.74) is 1.85. The van der Waals surface area contributed by atoms with Crippen LogP contribution < -0.4 is 15.8 Å². The average Bonchev–Trinajstić information content (AvgIpc) is 2.85. The van der Waals surface area contributed by atoms with Crippen LogP contribution in [-0.4, -0.2) is 53.3 Å². The summed E-state index contributed by atoms with van der Waals surface area (Å²) in [6.45, 7) is 3.40. The number of carbonyl (C=O) groups is 1. The van der Waals surface area contributed by atoms with Crippen molar-refractivity contribution in [2.45, 2.75) is 6.42 Å². The third-order valence-corrected chi connectivity index (χ3v) is 6.31. The van der Waals surface area contributed by atoms with E-state index >= 15 is 0 Å². The minimum absolute atomic E-state index is 0.125. The van der Waals surface area contributed by atoms with Crippen LogP contribution in [0.2, 0.25) is 10.0 Å². The highest BCUT2D eigenvalue weighted by atomic mass is 35.5. The van der Waals surface area contributed by atoms with Crippen LogP contribution in [0.25, 0.3) is 5.69 Å². The minimum atomic E-state index is -0.354. The number of nitrogens with one attached hydrogen (secondary N) is 1. The first-order valence-corrected chi connectivity index (χ1v) is 11.5. The Balaban J connectivity index is 1.30. The molecule has 8 nitrogen and oxygen atoms in total. The lowest BCUT2D eigenvalue weighted by molar-refractivity contribution is -0.116. The van der Waals surface area contributed by atoms with E-state index < -0.39 is 0 Å². The summed E-state index contributed by atoms with van der Waals surface area (Å²) in [4.78, 5) is 29.3. The number of para-hydroxylation sites is 1. The van der Waals surface area contributed by atoms with Crippen LogP contribution in [0, 0.1) is 11.3 Å². The molecule has 1 aromatic heterocycles. The SMILES string of the molecule is N#Cc1ccc(NC(=O)CCN2CCN(c3cnn(-c4ccccc4)c(=O)c3Cl)CC2)cc1Cl. The summed E-state index contributed by atoms with van der Waals surface area (Å²) >= 11 is 12.4. The van der Waals surface area contributed by atoms with E-state index in [0.717, 1.165) is 13.1 Å². The van der Waals surface area contributed by atoms with Crippen LogP contribution in [-0.2, 0) is 4.79 Å². The Morgan fingerprint density at radius 2 is 1.82 bits per heavy atom. The standard InChI is InChI=1S/C24H22Cl2N6O2/c25-20-14-18(7-6-17(20)15-27)29-22(33)8-9-30-10-12-31(13-11-30)21-16-28-32(24(34)23(21)26)19-4-2-1-3-5-19/h1-7,14,16H,8-13H2,(H,29,33). The average molecular weight is 497 g/mol. The van der Waals surface area contributed by atoms with E-state index in [0.29, 0.717) is 53.7 Å². The second-order valence-corrected chi connectivity index (χ2v) is 8.61. The molecule has 1 amide bonds. The number of nitrogens with zero attached hydrogens (tertiary/aromatic N) is 5. The smallest absolute Gasteiger partial charge is 0.292 e. The van der Waals surface area contributed by atoms with Crippen LogP contribution in [0.1, 0.15) is 12.0 Å². The molecule has 0 atom stereocenters. The van der Waals surface area contributed by atoms with Gasteiger partial charge in [-0.1, -0.05) is 41.4 Å². The van der Waals surface area contributed by atoms with Crippen LogP contribution in [0.5, 0.6) is 0 Å². The van der Waals surface area contributed by atoms with Gasteiger partial charge in [0.05, 0.1) is 28.2 Å². The number of hydrogen-bond acceptors (Lipinski definition) is 6. The molecule has 1 fully saturated rings. The van der Waals surface area contributed by atoms with Gasteiger partial charge in [-0.05, 0) is 30.3 Å². The molecule has 0 spiro atoms. The first-order chi connectivity index (χ1) is 16.5. The summed E-state index contributed by atoms with van der Waals surface area (Å²) in [6, 6.07) is 15.9. The third-order valence-electron chi connectivity index (χ3n) is 5.64. The summed E-state index contributed by atoms with van der Waals surface area (Å²) in [6.07, 6.45) is 1.95. The molecule has 3 aromatic rings. The molecule has 0 bridgehead atoms. The van der Waals surface area contributed by atoms with E-state index in [4.69, 9.17) is 28.5 Å². The number of benzene rings is 2. The van der Waals surface area contributed by atoms with Gasteiger partial charge < -0.3 is 10.2 Å². The maximum atomic E-state index is 12.7. The second kappa shape index (κ2) is 10.7. The Hall–Kier alpha value is -3.38.